The Labute approximate surface area is 108 Å². The molecule has 0 aromatic rings. The van der Waals surface area contributed by atoms with Crippen LogP contribution in [0, 0.1) is 5.41 Å². The van der Waals surface area contributed by atoms with E-state index < -0.39 is 0 Å². The number of aliphatic hydroxyl groups is 1. The fourth-order valence-corrected chi connectivity index (χ4v) is 1.94. The van der Waals surface area contributed by atoms with Gasteiger partial charge in [0, 0.05) is 25.2 Å². The quantitative estimate of drug-likeness (QED) is 0.720. The van der Waals surface area contributed by atoms with Gasteiger partial charge in [-0.25, -0.2) is 0 Å². The second-order valence-corrected chi connectivity index (χ2v) is 6.81. The van der Waals surface area contributed by atoms with Crippen molar-refractivity contribution >= 4 is 0 Å². The Morgan fingerprint density at radius 1 is 1.24 bits per heavy atom. The number of hydrogen-bond acceptors (Lipinski definition) is 3. The van der Waals surface area contributed by atoms with Gasteiger partial charge in [-0.05, 0) is 46.6 Å². The fourth-order valence-electron chi connectivity index (χ4n) is 1.94. The second-order valence-electron chi connectivity index (χ2n) is 6.81. The van der Waals surface area contributed by atoms with Gasteiger partial charge in [0.15, 0.2) is 0 Å². The monoisotopic (exact) mass is 244 g/mol. The molecule has 2 atom stereocenters. The van der Waals surface area contributed by atoms with Crippen molar-refractivity contribution in [1.82, 2.24) is 10.2 Å². The molecule has 0 heterocycles. The molecule has 0 amide bonds. The van der Waals surface area contributed by atoms with Crippen LogP contribution in [0.2, 0.25) is 0 Å². The van der Waals surface area contributed by atoms with Crippen LogP contribution in [0.3, 0.4) is 0 Å². The lowest BCUT2D eigenvalue weighted by Crippen LogP contribution is -2.47. The zero-order valence-electron chi connectivity index (χ0n) is 12.8. The van der Waals surface area contributed by atoms with Gasteiger partial charge in [0.1, 0.15) is 0 Å². The molecule has 3 heteroatoms. The Morgan fingerprint density at radius 2 is 1.76 bits per heavy atom. The maximum absolute atomic E-state index is 9.39. The standard InChI is InChI=1S/C14H32N2O/c1-8-14(6,10-15-13(3,4)5)11-16(7)9-12(2)17/h12,15,17H,8-11H2,1-7H3. The highest BCUT2D eigenvalue weighted by atomic mass is 16.3. The summed E-state index contributed by atoms with van der Waals surface area (Å²) in [6, 6.07) is 0. The van der Waals surface area contributed by atoms with Gasteiger partial charge in [0.05, 0.1) is 6.10 Å². The first-order chi connectivity index (χ1) is 7.58. The van der Waals surface area contributed by atoms with Gasteiger partial charge >= 0.3 is 0 Å². The van der Waals surface area contributed by atoms with Gasteiger partial charge in [-0.2, -0.15) is 0 Å². The summed E-state index contributed by atoms with van der Waals surface area (Å²) in [7, 11) is 2.08. The van der Waals surface area contributed by atoms with Crippen molar-refractivity contribution in [3.8, 4) is 0 Å². The van der Waals surface area contributed by atoms with E-state index in [0.29, 0.717) is 0 Å². The zero-order chi connectivity index (χ0) is 13.7. The molecule has 0 aliphatic rings. The Morgan fingerprint density at radius 3 is 2.12 bits per heavy atom. The van der Waals surface area contributed by atoms with Crippen LogP contribution in [-0.2, 0) is 0 Å². The first-order valence-corrected chi connectivity index (χ1v) is 6.69. The van der Waals surface area contributed by atoms with Crippen molar-refractivity contribution in [3.63, 3.8) is 0 Å². The first kappa shape index (κ1) is 16.9. The smallest absolute Gasteiger partial charge is 0.0638 e. The Hall–Kier alpha value is -0.120. The normalized spacial score (nSPS) is 18.2. The lowest BCUT2D eigenvalue weighted by atomic mass is 9.86. The molecule has 0 aromatic carbocycles. The lowest BCUT2D eigenvalue weighted by molar-refractivity contribution is 0.105. The molecular weight excluding hydrogens is 212 g/mol. The fraction of sp³-hybridized carbons (Fsp3) is 1.00. The van der Waals surface area contributed by atoms with Gasteiger partial charge in [0.2, 0.25) is 0 Å². The summed E-state index contributed by atoms with van der Waals surface area (Å²) >= 11 is 0. The van der Waals surface area contributed by atoms with Crippen molar-refractivity contribution in [2.75, 3.05) is 26.7 Å². The van der Waals surface area contributed by atoms with Crippen LogP contribution in [0.4, 0.5) is 0 Å². The molecular formula is C14H32N2O. The molecule has 3 nitrogen and oxygen atoms in total. The Bertz CT molecular complexity index is 211. The molecule has 0 spiro atoms. The van der Waals surface area contributed by atoms with E-state index in [2.05, 4.69) is 51.9 Å². The van der Waals surface area contributed by atoms with Crippen molar-refractivity contribution in [2.24, 2.45) is 5.41 Å². The van der Waals surface area contributed by atoms with Gasteiger partial charge in [-0.1, -0.05) is 13.8 Å². The van der Waals surface area contributed by atoms with Crippen molar-refractivity contribution in [3.05, 3.63) is 0 Å². The maximum Gasteiger partial charge on any atom is 0.0638 e. The van der Waals surface area contributed by atoms with Crippen molar-refractivity contribution < 1.29 is 5.11 Å². The van der Waals surface area contributed by atoms with E-state index in [1.54, 1.807) is 0 Å². The highest BCUT2D eigenvalue weighted by Crippen LogP contribution is 2.22. The molecule has 0 aromatic heterocycles. The van der Waals surface area contributed by atoms with Crippen molar-refractivity contribution in [2.45, 2.75) is 59.6 Å². The van der Waals surface area contributed by atoms with Crippen LogP contribution in [0.25, 0.3) is 0 Å². The highest BCUT2D eigenvalue weighted by molar-refractivity contribution is 4.83. The highest BCUT2D eigenvalue weighted by Gasteiger charge is 2.26. The average Bonchev–Trinajstić information content (AvgIpc) is 2.12. The van der Waals surface area contributed by atoms with Crippen LogP contribution in [0.5, 0.6) is 0 Å². The SMILES string of the molecule is CCC(C)(CNC(C)(C)C)CN(C)CC(C)O. The van der Waals surface area contributed by atoms with E-state index in [4.69, 9.17) is 0 Å². The van der Waals surface area contributed by atoms with Gasteiger partial charge in [0.25, 0.3) is 0 Å². The van der Waals surface area contributed by atoms with Gasteiger partial charge in [-0.15, -0.1) is 0 Å². The molecule has 0 aliphatic heterocycles. The maximum atomic E-state index is 9.39. The largest absolute Gasteiger partial charge is 0.392 e. The molecule has 0 saturated heterocycles. The number of aliphatic hydroxyl groups excluding tert-OH is 1. The number of nitrogens with one attached hydrogen (secondary N) is 1. The number of hydrogen-bond donors (Lipinski definition) is 2. The third-order valence-corrected chi connectivity index (χ3v) is 3.13. The molecule has 2 N–H and O–H groups in total. The summed E-state index contributed by atoms with van der Waals surface area (Å²) in [6.07, 6.45) is 0.886. The molecule has 0 radical (unpaired) electrons. The van der Waals surface area contributed by atoms with E-state index in [1.165, 1.54) is 0 Å². The predicted octanol–water partition coefficient (Wildman–Crippen LogP) is 2.10. The van der Waals surface area contributed by atoms with E-state index >= 15 is 0 Å². The molecule has 2 unspecified atom stereocenters. The number of rotatable bonds is 7. The lowest BCUT2D eigenvalue weighted by Gasteiger charge is -2.36. The van der Waals surface area contributed by atoms with Crippen molar-refractivity contribution in [1.29, 1.82) is 0 Å². The predicted molar refractivity (Wildman–Crippen MR) is 75.3 cm³/mol. The van der Waals surface area contributed by atoms with Crippen LogP contribution in [-0.4, -0.2) is 48.3 Å². The molecule has 0 fully saturated rings. The molecule has 0 saturated carbocycles. The summed E-state index contributed by atoms with van der Waals surface area (Å²) in [6.45, 7) is 15.7. The minimum Gasteiger partial charge on any atom is -0.392 e. The summed E-state index contributed by atoms with van der Waals surface area (Å²) in [5.41, 5.74) is 0.427. The van der Waals surface area contributed by atoms with E-state index in [0.717, 1.165) is 26.1 Å². The second kappa shape index (κ2) is 6.72. The number of likely N-dealkylation sites (N-methyl/N-ethyl adjacent to an activating group) is 1. The van der Waals surface area contributed by atoms with Crippen LogP contribution >= 0.6 is 0 Å². The Balaban J connectivity index is 4.27. The average molecular weight is 244 g/mol. The Kier molecular flexibility index (Phi) is 6.67. The molecule has 104 valence electrons. The van der Waals surface area contributed by atoms with Gasteiger partial charge in [-0.3, -0.25) is 0 Å². The molecule has 0 aliphatic carbocycles. The summed E-state index contributed by atoms with van der Waals surface area (Å²) in [5.74, 6) is 0. The van der Waals surface area contributed by atoms with Crippen LogP contribution in [0.1, 0.15) is 48.0 Å². The van der Waals surface area contributed by atoms with Gasteiger partial charge < -0.3 is 15.3 Å². The number of nitrogens with zero attached hydrogens (tertiary/aromatic N) is 1. The molecule has 0 bridgehead atoms. The van der Waals surface area contributed by atoms with Crippen LogP contribution in [0.15, 0.2) is 0 Å². The van der Waals surface area contributed by atoms with E-state index in [9.17, 15) is 5.11 Å². The zero-order valence-corrected chi connectivity index (χ0v) is 12.8. The third-order valence-electron chi connectivity index (χ3n) is 3.13. The topological polar surface area (TPSA) is 35.5 Å². The third kappa shape index (κ3) is 8.58. The minimum absolute atomic E-state index is 0.166. The van der Waals surface area contributed by atoms with E-state index in [-0.39, 0.29) is 17.1 Å². The van der Waals surface area contributed by atoms with E-state index in [1.807, 2.05) is 6.92 Å². The van der Waals surface area contributed by atoms with Crippen LogP contribution < -0.4 is 5.32 Å². The minimum atomic E-state index is -0.253. The molecule has 17 heavy (non-hydrogen) atoms. The summed E-state index contributed by atoms with van der Waals surface area (Å²) in [4.78, 5) is 2.22. The summed E-state index contributed by atoms with van der Waals surface area (Å²) < 4.78 is 0. The molecule has 0 rings (SSSR count). The first-order valence-electron chi connectivity index (χ1n) is 6.69. The summed E-state index contributed by atoms with van der Waals surface area (Å²) in [5, 5.41) is 13.0.